The van der Waals surface area contributed by atoms with Crippen LogP contribution in [-0.2, 0) is 5.41 Å². The third-order valence-corrected chi connectivity index (χ3v) is 9.65. The number of hydrogen-bond acceptors (Lipinski definition) is 1. The Morgan fingerprint density at radius 3 is 1.95 bits per heavy atom. The van der Waals surface area contributed by atoms with Gasteiger partial charge in [0.1, 0.15) is 0 Å². The van der Waals surface area contributed by atoms with Gasteiger partial charge in [-0.2, -0.15) is 0 Å². The summed E-state index contributed by atoms with van der Waals surface area (Å²) in [5.41, 5.74) is 12.1. The largest absolute Gasteiger partial charge is 0.334 e. The van der Waals surface area contributed by atoms with Gasteiger partial charge in [0.25, 0.3) is 0 Å². The van der Waals surface area contributed by atoms with Gasteiger partial charge in [-0.1, -0.05) is 62.2 Å². The van der Waals surface area contributed by atoms with Crippen LogP contribution in [0.4, 0.5) is 11.4 Å². The number of aromatic nitrogens is 1. The third-order valence-electron chi connectivity index (χ3n) is 9.65. The summed E-state index contributed by atoms with van der Waals surface area (Å²) in [5, 5.41) is 2.64. The highest BCUT2D eigenvalue weighted by Crippen LogP contribution is 2.60. The van der Waals surface area contributed by atoms with Crippen molar-refractivity contribution in [3.05, 3.63) is 101 Å². The van der Waals surface area contributed by atoms with Crippen molar-refractivity contribution in [2.75, 3.05) is 4.90 Å². The molecular formula is C35H36N2. The minimum Gasteiger partial charge on any atom is -0.334 e. The van der Waals surface area contributed by atoms with Gasteiger partial charge in [-0.3, -0.25) is 0 Å². The van der Waals surface area contributed by atoms with Gasteiger partial charge in [0.15, 0.2) is 0 Å². The van der Waals surface area contributed by atoms with E-state index >= 15 is 0 Å². The molecule has 0 N–H and O–H groups in total. The van der Waals surface area contributed by atoms with Gasteiger partial charge < -0.3 is 9.47 Å². The van der Waals surface area contributed by atoms with Crippen molar-refractivity contribution in [3.8, 4) is 5.69 Å². The standard InChI is InChI=1S/C35H36N2/c1-23-12-14-28-29-15-13-24(2)21-33(29)36(32(28)20-23)26-18-25(3)19-27(22-26)37-31-11-7-6-10-30(31)34(4)16-8-9-17-35(34,37)5/h6-7,10-15,18-22H,8-9,16-17H2,1-5H3. The molecule has 0 bridgehead atoms. The maximum atomic E-state index is 2.70. The number of anilines is 2. The number of benzene rings is 4. The van der Waals surface area contributed by atoms with Crippen LogP contribution >= 0.6 is 0 Å². The molecule has 7 rings (SSSR count). The Bertz CT molecular complexity index is 1650. The molecule has 1 fully saturated rings. The van der Waals surface area contributed by atoms with Crippen LogP contribution in [0, 0.1) is 20.8 Å². The van der Waals surface area contributed by atoms with Gasteiger partial charge >= 0.3 is 0 Å². The Labute approximate surface area is 220 Å². The lowest BCUT2D eigenvalue weighted by molar-refractivity contribution is 0.195. The lowest BCUT2D eigenvalue weighted by atomic mass is 9.61. The zero-order valence-electron chi connectivity index (χ0n) is 22.7. The van der Waals surface area contributed by atoms with Crippen LogP contribution < -0.4 is 4.90 Å². The predicted molar refractivity (Wildman–Crippen MR) is 158 cm³/mol. The molecular weight excluding hydrogens is 448 g/mol. The van der Waals surface area contributed by atoms with Crippen molar-refractivity contribution in [2.45, 2.75) is 71.3 Å². The van der Waals surface area contributed by atoms with Crippen molar-refractivity contribution < 1.29 is 0 Å². The maximum absolute atomic E-state index is 2.70. The molecule has 4 aromatic carbocycles. The van der Waals surface area contributed by atoms with Gasteiger partial charge in [0, 0.05) is 33.2 Å². The van der Waals surface area contributed by atoms with Crippen LogP contribution in [0.1, 0.15) is 61.8 Å². The van der Waals surface area contributed by atoms with Crippen LogP contribution in [-0.4, -0.2) is 10.1 Å². The summed E-state index contributed by atoms with van der Waals surface area (Å²) in [5.74, 6) is 0. The molecule has 37 heavy (non-hydrogen) atoms. The molecule has 2 heterocycles. The summed E-state index contributed by atoms with van der Waals surface area (Å²) in [6, 6.07) is 30.1. The van der Waals surface area contributed by atoms with E-state index in [0.717, 1.165) is 0 Å². The number of nitrogens with zero attached hydrogens (tertiary/aromatic N) is 2. The maximum Gasteiger partial charge on any atom is 0.0543 e. The SMILES string of the molecule is Cc1cc(N2c3ccccc3C3(C)CCCCC23C)cc(-n2c3cc(C)ccc3c3ccc(C)cc32)c1. The molecule has 0 saturated heterocycles. The lowest BCUT2D eigenvalue weighted by Gasteiger charge is -2.50. The molecule has 1 aromatic heterocycles. The molecule has 0 radical (unpaired) electrons. The first-order chi connectivity index (χ1) is 17.8. The second kappa shape index (κ2) is 7.74. The molecule has 2 nitrogen and oxygen atoms in total. The fourth-order valence-electron chi connectivity index (χ4n) is 7.62. The highest BCUT2D eigenvalue weighted by atomic mass is 15.3. The zero-order valence-corrected chi connectivity index (χ0v) is 22.7. The summed E-state index contributed by atoms with van der Waals surface area (Å²) >= 11 is 0. The fourth-order valence-corrected chi connectivity index (χ4v) is 7.62. The van der Waals surface area contributed by atoms with Gasteiger partial charge in [0.2, 0.25) is 0 Å². The molecule has 0 spiro atoms. The van der Waals surface area contributed by atoms with E-state index in [1.807, 2.05) is 0 Å². The molecule has 2 unspecified atom stereocenters. The average Bonchev–Trinajstić information content (AvgIpc) is 3.29. The van der Waals surface area contributed by atoms with Crippen LogP contribution in [0.2, 0.25) is 0 Å². The van der Waals surface area contributed by atoms with E-state index < -0.39 is 0 Å². The lowest BCUT2D eigenvalue weighted by Crippen LogP contribution is -2.54. The van der Waals surface area contributed by atoms with Crippen LogP contribution in [0.25, 0.3) is 27.5 Å². The van der Waals surface area contributed by atoms with E-state index in [2.05, 4.69) is 123 Å². The first kappa shape index (κ1) is 22.7. The minimum atomic E-state index is 0.0635. The fraction of sp³-hybridized carbons (Fsp3) is 0.314. The minimum absolute atomic E-state index is 0.0635. The third kappa shape index (κ3) is 3.05. The van der Waals surface area contributed by atoms with Gasteiger partial charge in [0.05, 0.1) is 16.6 Å². The molecule has 1 aliphatic carbocycles. The van der Waals surface area contributed by atoms with Crippen LogP contribution in [0.5, 0.6) is 0 Å². The van der Waals surface area contributed by atoms with Crippen molar-refractivity contribution in [1.82, 2.24) is 4.57 Å². The predicted octanol–water partition coefficient (Wildman–Crippen LogP) is 9.45. The molecule has 186 valence electrons. The number of aryl methyl sites for hydroxylation is 3. The summed E-state index contributed by atoms with van der Waals surface area (Å²) in [7, 11) is 0. The Balaban J connectivity index is 1.51. The number of fused-ring (bicyclic) bond motifs is 6. The normalized spacial score (nSPS) is 23.0. The monoisotopic (exact) mass is 484 g/mol. The molecule has 2 atom stereocenters. The smallest absolute Gasteiger partial charge is 0.0543 e. The summed E-state index contributed by atoms with van der Waals surface area (Å²) in [4.78, 5) is 2.70. The Morgan fingerprint density at radius 1 is 0.622 bits per heavy atom. The highest BCUT2D eigenvalue weighted by molar-refractivity contribution is 6.09. The van der Waals surface area contributed by atoms with E-state index in [1.54, 1.807) is 0 Å². The number of hydrogen-bond donors (Lipinski definition) is 0. The quantitative estimate of drug-likeness (QED) is 0.242. The van der Waals surface area contributed by atoms with Crippen molar-refractivity contribution in [1.29, 1.82) is 0 Å². The van der Waals surface area contributed by atoms with E-state index in [-0.39, 0.29) is 11.0 Å². The average molecular weight is 485 g/mol. The topological polar surface area (TPSA) is 8.17 Å². The molecule has 5 aromatic rings. The van der Waals surface area contributed by atoms with E-state index in [4.69, 9.17) is 0 Å². The van der Waals surface area contributed by atoms with Crippen LogP contribution in [0.15, 0.2) is 78.9 Å². The second-order valence-corrected chi connectivity index (χ2v) is 12.1. The number of rotatable bonds is 2. The molecule has 2 aliphatic rings. The Kier molecular flexibility index (Phi) is 4.74. The second-order valence-electron chi connectivity index (χ2n) is 12.1. The zero-order chi connectivity index (χ0) is 25.5. The van der Waals surface area contributed by atoms with E-state index in [9.17, 15) is 0 Å². The van der Waals surface area contributed by atoms with Gasteiger partial charge in [-0.05, 0) is 99.2 Å². The number of para-hydroxylation sites is 1. The van der Waals surface area contributed by atoms with Gasteiger partial charge in [-0.15, -0.1) is 0 Å². The molecule has 0 amide bonds. The summed E-state index contributed by atoms with van der Waals surface area (Å²) in [6.45, 7) is 11.7. The summed E-state index contributed by atoms with van der Waals surface area (Å²) in [6.07, 6.45) is 5.07. The van der Waals surface area contributed by atoms with Gasteiger partial charge in [-0.25, -0.2) is 0 Å². The highest BCUT2D eigenvalue weighted by Gasteiger charge is 2.57. The molecule has 1 aliphatic heterocycles. The van der Waals surface area contributed by atoms with Crippen molar-refractivity contribution in [3.63, 3.8) is 0 Å². The molecule has 2 heteroatoms. The van der Waals surface area contributed by atoms with Crippen molar-refractivity contribution >= 4 is 33.2 Å². The Hall–Kier alpha value is -3.52. The van der Waals surface area contributed by atoms with Crippen molar-refractivity contribution in [2.24, 2.45) is 0 Å². The van der Waals surface area contributed by atoms with E-state index in [1.165, 1.54) is 86.8 Å². The Morgan fingerprint density at radius 2 is 1.24 bits per heavy atom. The molecule has 1 saturated carbocycles. The van der Waals surface area contributed by atoms with E-state index in [0.29, 0.717) is 0 Å². The van der Waals surface area contributed by atoms with Crippen LogP contribution in [0.3, 0.4) is 0 Å². The first-order valence-electron chi connectivity index (χ1n) is 13.8. The first-order valence-corrected chi connectivity index (χ1v) is 13.8. The summed E-state index contributed by atoms with van der Waals surface area (Å²) < 4.78 is 2.49.